The molecule has 0 fully saturated rings. The second-order valence-electron chi connectivity index (χ2n) is 8.12. The fraction of sp³-hybridized carbons (Fsp3) is 0.160. The van der Waals surface area contributed by atoms with Crippen molar-refractivity contribution in [3.8, 4) is 11.3 Å². The van der Waals surface area contributed by atoms with Crippen molar-refractivity contribution in [3.05, 3.63) is 89.7 Å². The van der Waals surface area contributed by atoms with Gasteiger partial charge in [-0.25, -0.2) is 4.98 Å². The quantitative estimate of drug-likeness (QED) is 0.472. The lowest BCUT2D eigenvalue weighted by atomic mass is 9.83. The van der Waals surface area contributed by atoms with E-state index in [0.29, 0.717) is 5.92 Å². The summed E-state index contributed by atoms with van der Waals surface area (Å²) in [5.74, 6) is 0.342. The molecule has 3 aromatic carbocycles. The molecule has 1 atom stereocenters. The van der Waals surface area contributed by atoms with Gasteiger partial charge in [0.05, 0.1) is 34.6 Å². The Bertz CT molecular complexity index is 1390. The van der Waals surface area contributed by atoms with Gasteiger partial charge >= 0.3 is 0 Å². The van der Waals surface area contributed by atoms with Crippen LogP contribution in [-0.2, 0) is 6.54 Å². The smallest absolute Gasteiger partial charge is 0.0894 e. The summed E-state index contributed by atoms with van der Waals surface area (Å²) in [4.78, 5) is 11.8. The zero-order valence-electron chi connectivity index (χ0n) is 16.7. The summed E-state index contributed by atoms with van der Waals surface area (Å²) in [6.45, 7) is 1.94. The SMILES string of the molecule is CN1Cc2cc(-c3cnc4ccccc4n3)ccc2C(c2ccc3[nH]ncc3c2)C1. The summed E-state index contributed by atoms with van der Waals surface area (Å²) >= 11 is 0. The van der Waals surface area contributed by atoms with Crippen LogP contribution >= 0.6 is 0 Å². The number of hydrogen-bond donors (Lipinski definition) is 1. The van der Waals surface area contributed by atoms with Gasteiger partial charge in [-0.05, 0) is 54.1 Å². The first-order chi connectivity index (χ1) is 14.7. The van der Waals surface area contributed by atoms with Gasteiger partial charge in [-0.15, -0.1) is 0 Å². The van der Waals surface area contributed by atoms with Gasteiger partial charge in [0.1, 0.15) is 0 Å². The van der Waals surface area contributed by atoms with Gasteiger partial charge in [-0.2, -0.15) is 5.10 Å². The monoisotopic (exact) mass is 391 g/mol. The van der Waals surface area contributed by atoms with Crippen LogP contribution in [0.5, 0.6) is 0 Å². The fourth-order valence-corrected chi connectivity index (χ4v) is 4.57. The number of fused-ring (bicyclic) bond motifs is 3. The van der Waals surface area contributed by atoms with Gasteiger partial charge in [0.15, 0.2) is 0 Å². The molecule has 5 heteroatoms. The highest BCUT2D eigenvalue weighted by molar-refractivity contribution is 5.79. The third-order valence-electron chi connectivity index (χ3n) is 6.06. The maximum Gasteiger partial charge on any atom is 0.0894 e. The topological polar surface area (TPSA) is 57.7 Å². The van der Waals surface area contributed by atoms with Gasteiger partial charge in [0, 0.05) is 30.0 Å². The molecule has 2 aromatic heterocycles. The van der Waals surface area contributed by atoms with Crippen LogP contribution in [0.1, 0.15) is 22.6 Å². The minimum atomic E-state index is 0.342. The Morgan fingerprint density at radius 3 is 2.80 bits per heavy atom. The molecule has 30 heavy (non-hydrogen) atoms. The molecule has 146 valence electrons. The highest BCUT2D eigenvalue weighted by Crippen LogP contribution is 2.36. The Hall–Kier alpha value is -3.57. The summed E-state index contributed by atoms with van der Waals surface area (Å²) < 4.78 is 0. The van der Waals surface area contributed by atoms with Crippen LogP contribution < -0.4 is 0 Å². The van der Waals surface area contributed by atoms with Crippen LogP contribution in [0, 0.1) is 0 Å². The van der Waals surface area contributed by atoms with Crippen LogP contribution in [0.15, 0.2) is 73.1 Å². The molecule has 0 saturated carbocycles. The highest BCUT2D eigenvalue weighted by Gasteiger charge is 2.25. The van der Waals surface area contributed by atoms with E-state index in [1.165, 1.54) is 16.7 Å². The van der Waals surface area contributed by atoms with Gasteiger partial charge in [0.25, 0.3) is 0 Å². The minimum Gasteiger partial charge on any atom is -0.301 e. The maximum absolute atomic E-state index is 4.83. The average Bonchev–Trinajstić information content (AvgIpc) is 3.25. The number of H-pyrrole nitrogens is 1. The molecule has 1 aliphatic heterocycles. The third kappa shape index (κ3) is 2.86. The predicted molar refractivity (Wildman–Crippen MR) is 119 cm³/mol. The summed E-state index contributed by atoms with van der Waals surface area (Å²) in [7, 11) is 2.19. The average molecular weight is 391 g/mol. The molecular formula is C25H21N5. The highest BCUT2D eigenvalue weighted by atomic mass is 15.1. The number of aromatic nitrogens is 4. The van der Waals surface area contributed by atoms with Crippen molar-refractivity contribution in [1.82, 2.24) is 25.1 Å². The Labute approximate surface area is 174 Å². The number of benzene rings is 3. The van der Waals surface area contributed by atoms with Crippen molar-refractivity contribution in [3.63, 3.8) is 0 Å². The van der Waals surface area contributed by atoms with Crippen LogP contribution in [0.4, 0.5) is 0 Å². The van der Waals surface area contributed by atoms with Crippen LogP contribution in [0.2, 0.25) is 0 Å². The molecular weight excluding hydrogens is 370 g/mol. The van der Waals surface area contributed by atoms with Crippen LogP contribution in [0.25, 0.3) is 33.2 Å². The zero-order chi connectivity index (χ0) is 20.1. The number of nitrogens with one attached hydrogen (secondary N) is 1. The fourth-order valence-electron chi connectivity index (χ4n) is 4.57. The molecule has 1 N–H and O–H groups in total. The van der Waals surface area contributed by atoms with Crippen molar-refractivity contribution >= 4 is 21.9 Å². The Balaban J connectivity index is 1.43. The Morgan fingerprint density at radius 2 is 1.87 bits per heavy atom. The Morgan fingerprint density at radius 1 is 0.967 bits per heavy atom. The van der Waals surface area contributed by atoms with Crippen LogP contribution in [-0.4, -0.2) is 38.7 Å². The largest absolute Gasteiger partial charge is 0.301 e. The molecule has 5 nitrogen and oxygen atoms in total. The summed E-state index contributed by atoms with van der Waals surface area (Å²) in [5.41, 5.74) is 9.04. The van der Waals surface area contributed by atoms with E-state index in [0.717, 1.165) is 46.3 Å². The number of likely N-dealkylation sites (N-methyl/N-ethyl adjacent to an activating group) is 1. The van der Waals surface area contributed by atoms with Gasteiger partial charge in [0.2, 0.25) is 0 Å². The molecule has 3 heterocycles. The predicted octanol–water partition coefficient (Wildman–Crippen LogP) is 4.75. The second-order valence-corrected chi connectivity index (χ2v) is 8.12. The van der Waals surface area contributed by atoms with Crippen molar-refractivity contribution in [2.24, 2.45) is 0 Å². The van der Waals surface area contributed by atoms with E-state index in [4.69, 9.17) is 4.98 Å². The molecule has 6 rings (SSSR count). The van der Waals surface area contributed by atoms with E-state index < -0.39 is 0 Å². The van der Waals surface area contributed by atoms with Gasteiger partial charge < -0.3 is 4.90 Å². The zero-order valence-corrected chi connectivity index (χ0v) is 16.7. The maximum atomic E-state index is 4.83. The molecule has 0 spiro atoms. The summed E-state index contributed by atoms with van der Waals surface area (Å²) in [6, 6.07) is 21.4. The molecule has 0 saturated heterocycles. The van der Waals surface area contributed by atoms with E-state index in [9.17, 15) is 0 Å². The second kappa shape index (κ2) is 6.75. The molecule has 1 unspecified atom stereocenters. The molecule has 0 radical (unpaired) electrons. The lowest BCUT2D eigenvalue weighted by molar-refractivity contribution is 0.295. The van der Waals surface area contributed by atoms with E-state index in [1.54, 1.807) is 0 Å². The molecule has 1 aliphatic rings. The molecule has 0 aliphatic carbocycles. The van der Waals surface area contributed by atoms with Crippen molar-refractivity contribution < 1.29 is 0 Å². The summed E-state index contributed by atoms with van der Waals surface area (Å²) in [5, 5.41) is 8.37. The normalized spacial score (nSPS) is 16.8. The lowest BCUT2D eigenvalue weighted by Gasteiger charge is -2.33. The van der Waals surface area contributed by atoms with Crippen molar-refractivity contribution in [2.45, 2.75) is 12.5 Å². The molecule has 5 aromatic rings. The molecule has 0 bridgehead atoms. The Kier molecular flexibility index (Phi) is 3.89. The van der Waals surface area contributed by atoms with Gasteiger partial charge in [-0.1, -0.05) is 30.3 Å². The number of rotatable bonds is 2. The van der Waals surface area contributed by atoms with E-state index >= 15 is 0 Å². The number of para-hydroxylation sites is 2. The summed E-state index contributed by atoms with van der Waals surface area (Å²) in [6.07, 6.45) is 3.77. The van der Waals surface area contributed by atoms with Gasteiger partial charge in [-0.3, -0.25) is 10.1 Å². The van der Waals surface area contributed by atoms with E-state index in [-0.39, 0.29) is 0 Å². The van der Waals surface area contributed by atoms with E-state index in [2.05, 4.69) is 63.5 Å². The first kappa shape index (κ1) is 17.3. The first-order valence-electron chi connectivity index (χ1n) is 10.2. The number of nitrogens with zero attached hydrogens (tertiary/aromatic N) is 4. The van der Waals surface area contributed by atoms with Crippen LogP contribution in [0.3, 0.4) is 0 Å². The van der Waals surface area contributed by atoms with Crippen molar-refractivity contribution in [2.75, 3.05) is 13.6 Å². The third-order valence-corrected chi connectivity index (χ3v) is 6.06. The van der Waals surface area contributed by atoms with E-state index in [1.807, 2.05) is 36.7 Å². The van der Waals surface area contributed by atoms with Crippen molar-refractivity contribution in [1.29, 1.82) is 0 Å². The number of hydrogen-bond acceptors (Lipinski definition) is 4. The molecule has 0 amide bonds. The lowest BCUT2D eigenvalue weighted by Crippen LogP contribution is -2.31. The standard InChI is InChI=1S/C25H21N5/c1-30-14-19-11-17(25-13-26-23-4-2-3-5-24(23)28-25)6-8-20(19)21(15-30)16-7-9-22-18(10-16)12-27-29-22/h2-13,21H,14-15H2,1H3,(H,27,29). The minimum absolute atomic E-state index is 0.342. The first-order valence-corrected chi connectivity index (χ1v) is 10.2. The number of aromatic amines is 1.